The Labute approximate surface area is 91.2 Å². The summed E-state index contributed by atoms with van der Waals surface area (Å²) >= 11 is 11.4. The monoisotopic (exact) mass is 234 g/mol. The molecule has 1 rings (SSSR count). The van der Waals surface area contributed by atoms with Gasteiger partial charge in [-0.25, -0.2) is 0 Å². The van der Waals surface area contributed by atoms with Gasteiger partial charge in [-0.05, 0) is 18.2 Å². The maximum atomic E-state index is 10.4. The molecule has 0 aliphatic rings. The van der Waals surface area contributed by atoms with Gasteiger partial charge < -0.3 is 9.84 Å². The first-order chi connectivity index (χ1) is 6.67. The number of benzene rings is 1. The third kappa shape index (κ3) is 2.87. The van der Waals surface area contributed by atoms with Crippen molar-refractivity contribution >= 4 is 29.5 Å². The van der Waals surface area contributed by atoms with E-state index in [0.29, 0.717) is 22.1 Å². The van der Waals surface area contributed by atoms with E-state index in [1.807, 2.05) is 0 Å². The van der Waals surface area contributed by atoms with Crippen LogP contribution in [0.5, 0.6) is 5.75 Å². The maximum absolute atomic E-state index is 10.4. The topological polar surface area (TPSA) is 46.5 Å². The Hall–Kier alpha value is -0.770. The van der Waals surface area contributed by atoms with Crippen molar-refractivity contribution in [2.45, 2.75) is 6.10 Å². The van der Waals surface area contributed by atoms with E-state index in [0.717, 1.165) is 0 Å². The molecule has 1 atom stereocenters. The van der Waals surface area contributed by atoms with E-state index in [4.69, 9.17) is 33.0 Å². The Kier molecular flexibility index (Phi) is 4.20. The van der Waals surface area contributed by atoms with Crippen LogP contribution in [-0.2, 0) is 4.79 Å². The van der Waals surface area contributed by atoms with Crippen molar-refractivity contribution in [2.75, 3.05) is 6.61 Å². The first kappa shape index (κ1) is 11.3. The minimum Gasteiger partial charge on any atom is -0.479 e. The molecule has 5 heteroatoms. The minimum absolute atomic E-state index is 0.304. The largest absolute Gasteiger partial charge is 0.479 e. The third-order valence-electron chi connectivity index (χ3n) is 1.50. The van der Waals surface area contributed by atoms with Gasteiger partial charge in [-0.3, -0.25) is 4.79 Å². The number of aldehydes is 1. The van der Waals surface area contributed by atoms with Crippen LogP contribution in [0.25, 0.3) is 0 Å². The van der Waals surface area contributed by atoms with Crippen molar-refractivity contribution in [2.24, 2.45) is 0 Å². The summed E-state index contributed by atoms with van der Waals surface area (Å²) in [4.78, 5) is 10.4. The van der Waals surface area contributed by atoms with Gasteiger partial charge in [0.25, 0.3) is 0 Å². The standard InChI is InChI=1S/C9H8Cl2O3/c10-6-1-2-9(8(11)3-6)14-7(4-12)5-13/h1-4,7,13H,5H2. The zero-order valence-corrected chi connectivity index (χ0v) is 8.63. The van der Waals surface area contributed by atoms with Crippen LogP contribution >= 0.6 is 23.2 Å². The van der Waals surface area contributed by atoms with Crippen LogP contribution in [-0.4, -0.2) is 24.1 Å². The molecule has 1 N–H and O–H groups in total. The fraction of sp³-hybridized carbons (Fsp3) is 0.222. The molecular weight excluding hydrogens is 227 g/mol. The zero-order chi connectivity index (χ0) is 10.6. The van der Waals surface area contributed by atoms with Crippen molar-refractivity contribution in [1.82, 2.24) is 0 Å². The molecule has 14 heavy (non-hydrogen) atoms. The van der Waals surface area contributed by atoms with Crippen molar-refractivity contribution in [3.63, 3.8) is 0 Å². The van der Waals surface area contributed by atoms with E-state index in [1.165, 1.54) is 12.1 Å². The van der Waals surface area contributed by atoms with Gasteiger partial charge in [0.2, 0.25) is 0 Å². The lowest BCUT2D eigenvalue weighted by atomic mass is 10.3. The molecule has 0 bridgehead atoms. The summed E-state index contributed by atoms with van der Waals surface area (Å²) in [6.45, 7) is -0.386. The lowest BCUT2D eigenvalue weighted by Crippen LogP contribution is -2.22. The van der Waals surface area contributed by atoms with Crippen LogP contribution in [0.3, 0.4) is 0 Å². The Morgan fingerprint density at radius 1 is 1.50 bits per heavy atom. The van der Waals surface area contributed by atoms with E-state index in [1.54, 1.807) is 6.07 Å². The fourth-order valence-electron chi connectivity index (χ4n) is 0.842. The smallest absolute Gasteiger partial charge is 0.176 e. The average Bonchev–Trinajstić information content (AvgIpc) is 2.17. The van der Waals surface area contributed by atoms with Crippen LogP contribution in [0.4, 0.5) is 0 Å². The van der Waals surface area contributed by atoms with E-state index >= 15 is 0 Å². The Balaban J connectivity index is 2.80. The number of rotatable bonds is 4. The quantitative estimate of drug-likeness (QED) is 0.811. The predicted octanol–water partition coefficient (Wildman–Crippen LogP) is 1.93. The van der Waals surface area contributed by atoms with Gasteiger partial charge >= 0.3 is 0 Å². The Morgan fingerprint density at radius 2 is 2.21 bits per heavy atom. The van der Waals surface area contributed by atoms with E-state index < -0.39 is 6.10 Å². The molecule has 0 saturated heterocycles. The van der Waals surface area contributed by atoms with Gasteiger partial charge in [0.15, 0.2) is 12.4 Å². The number of hydrogen-bond donors (Lipinski definition) is 1. The zero-order valence-electron chi connectivity index (χ0n) is 7.11. The summed E-state index contributed by atoms with van der Waals surface area (Å²) in [7, 11) is 0. The van der Waals surface area contributed by atoms with Crippen molar-refractivity contribution in [3.05, 3.63) is 28.2 Å². The van der Waals surface area contributed by atoms with Gasteiger partial charge in [0, 0.05) is 5.02 Å². The lowest BCUT2D eigenvalue weighted by Gasteiger charge is -2.11. The molecule has 1 aromatic carbocycles. The van der Waals surface area contributed by atoms with Crippen molar-refractivity contribution < 1.29 is 14.6 Å². The summed E-state index contributed by atoms with van der Waals surface area (Å²) < 4.78 is 5.09. The number of aliphatic hydroxyl groups is 1. The van der Waals surface area contributed by atoms with E-state index in [-0.39, 0.29) is 6.61 Å². The van der Waals surface area contributed by atoms with Gasteiger partial charge in [0.05, 0.1) is 11.6 Å². The highest BCUT2D eigenvalue weighted by Gasteiger charge is 2.09. The van der Waals surface area contributed by atoms with Crippen LogP contribution in [0.2, 0.25) is 10.0 Å². The molecule has 0 aliphatic heterocycles. The number of aliphatic hydroxyl groups excluding tert-OH is 1. The lowest BCUT2D eigenvalue weighted by molar-refractivity contribution is -0.115. The summed E-state index contributed by atoms with van der Waals surface area (Å²) in [5.41, 5.74) is 0. The van der Waals surface area contributed by atoms with Crippen LogP contribution in [0.1, 0.15) is 0 Å². The van der Waals surface area contributed by atoms with E-state index in [9.17, 15) is 4.79 Å². The molecular formula is C9H8Cl2O3. The van der Waals surface area contributed by atoms with Crippen LogP contribution < -0.4 is 4.74 Å². The van der Waals surface area contributed by atoms with Crippen molar-refractivity contribution in [1.29, 1.82) is 0 Å². The molecule has 0 fully saturated rings. The molecule has 1 unspecified atom stereocenters. The van der Waals surface area contributed by atoms with Gasteiger partial charge in [-0.2, -0.15) is 0 Å². The van der Waals surface area contributed by atoms with Gasteiger partial charge in [-0.1, -0.05) is 23.2 Å². The molecule has 0 amide bonds. The average molecular weight is 235 g/mol. The van der Waals surface area contributed by atoms with E-state index in [2.05, 4.69) is 0 Å². The molecule has 76 valence electrons. The molecule has 3 nitrogen and oxygen atoms in total. The number of carbonyl (C=O) groups excluding carboxylic acids is 1. The van der Waals surface area contributed by atoms with Gasteiger partial charge in [0.1, 0.15) is 5.75 Å². The molecule has 0 radical (unpaired) electrons. The Morgan fingerprint density at radius 3 is 2.71 bits per heavy atom. The second-order valence-electron chi connectivity index (χ2n) is 2.55. The Bertz CT molecular complexity index is 328. The summed E-state index contributed by atoms with van der Waals surface area (Å²) in [6, 6.07) is 4.62. The predicted molar refractivity (Wildman–Crippen MR) is 54.0 cm³/mol. The SMILES string of the molecule is O=CC(CO)Oc1ccc(Cl)cc1Cl. The second-order valence-corrected chi connectivity index (χ2v) is 3.39. The van der Waals surface area contributed by atoms with Gasteiger partial charge in [-0.15, -0.1) is 0 Å². The molecule has 0 aromatic heterocycles. The molecule has 0 heterocycles. The van der Waals surface area contributed by atoms with Crippen molar-refractivity contribution in [3.8, 4) is 5.75 Å². The molecule has 0 aliphatic carbocycles. The highest BCUT2D eigenvalue weighted by molar-refractivity contribution is 6.35. The first-order valence-corrected chi connectivity index (χ1v) is 4.61. The highest BCUT2D eigenvalue weighted by atomic mass is 35.5. The summed E-state index contributed by atoms with van der Waals surface area (Å²) in [5, 5.41) is 9.49. The number of halogens is 2. The normalized spacial score (nSPS) is 12.2. The van der Waals surface area contributed by atoms with Crippen LogP contribution in [0.15, 0.2) is 18.2 Å². The first-order valence-electron chi connectivity index (χ1n) is 3.85. The molecule has 0 spiro atoms. The molecule has 1 aromatic rings. The number of hydrogen-bond acceptors (Lipinski definition) is 3. The third-order valence-corrected chi connectivity index (χ3v) is 2.03. The number of carbonyl (C=O) groups is 1. The van der Waals surface area contributed by atoms with Crippen LogP contribution in [0, 0.1) is 0 Å². The second kappa shape index (κ2) is 5.20. The minimum atomic E-state index is -0.895. The summed E-state index contributed by atoms with van der Waals surface area (Å²) in [6.07, 6.45) is -0.390. The summed E-state index contributed by atoms with van der Waals surface area (Å²) in [5.74, 6) is 0.321. The fourth-order valence-corrected chi connectivity index (χ4v) is 1.29. The number of ether oxygens (including phenoxy) is 1. The molecule has 0 saturated carbocycles. The maximum Gasteiger partial charge on any atom is 0.176 e. The highest BCUT2D eigenvalue weighted by Crippen LogP contribution is 2.27.